The second kappa shape index (κ2) is 9.05. The van der Waals surface area contributed by atoms with Crippen molar-refractivity contribution < 1.29 is 18.9 Å². The molecule has 2 amide bonds. The molecule has 0 spiro atoms. The molecule has 150 valence electrons. The van der Waals surface area contributed by atoms with Gasteiger partial charge in [0.15, 0.2) is 0 Å². The highest BCUT2D eigenvalue weighted by atomic mass is 19.1. The maximum atomic E-state index is 13.0. The number of nitro benzene ring substituents is 1. The number of para-hydroxylation sites is 1. The first-order valence-electron chi connectivity index (χ1n) is 9.07. The third kappa shape index (κ3) is 5.01. The number of nitrogens with one attached hydrogen (secondary N) is 1. The van der Waals surface area contributed by atoms with Gasteiger partial charge in [-0.2, -0.15) is 5.10 Å². The summed E-state index contributed by atoms with van der Waals surface area (Å²) in [5, 5.41) is 14.8. The minimum Gasteiger partial charge on any atom is -0.339 e. The second-order valence-electron chi connectivity index (χ2n) is 6.62. The SMILES string of the molecule is O=C(N/N=C\c1ccccc1[N+](=O)[O-])C1CCN(C(=O)c2ccc(F)cc2)CC1. The van der Waals surface area contributed by atoms with Gasteiger partial charge in [0.25, 0.3) is 11.6 Å². The Balaban J connectivity index is 1.52. The average Bonchev–Trinajstić information content (AvgIpc) is 2.74. The maximum absolute atomic E-state index is 13.0. The number of benzene rings is 2. The Morgan fingerprint density at radius 1 is 1.14 bits per heavy atom. The molecule has 9 heteroatoms. The van der Waals surface area contributed by atoms with Crippen molar-refractivity contribution >= 4 is 23.7 Å². The number of hydrogen-bond donors (Lipinski definition) is 1. The summed E-state index contributed by atoms with van der Waals surface area (Å²) in [6, 6.07) is 11.4. The van der Waals surface area contributed by atoms with E-state index in [4.69, 9.17) is 0 Å². The van der Waals surface area contributed by atoms with E-state index >= 15 is 0 Å². The van der Waals surface area contributed by atoms with Crippen LogP contribution < -0.4 is 5.43 Å². The number of hydrogen-bond acceptors (Lipinski definition) is 5. The van der Waals surface area contributed by atoms with E-state index < -0.39 is 10.7 Å². The molecule has 1 fully saturated rings. The van der Waals surface area contributed by atoms with E-state index in [1.807, 2.05) is 0 Å². The Hall–Kier alpha value is -3.62. The molecule has 8 nitrogen and oxygen atoms in total. The molecule has 0 aromatic heterocycles. The van der Waals surface area contributed by atoms with Crippen molar-refractivity contribution in [3.63, 3.8) is 0 Å². The van der Waals surface area contributed by atoms with Gasteiger partial charge in [-0.1, -0.05) is 12.1 Å². The monoisotopic (exact) mass is 398 g/mol. The molecule has 0 unspecified atom stereocenters. The van der Waals surface area contributed by atoms with Crippen LogP contribution in [0.3, 0.4) is 0 Å². The Kier molecular flexibility index (Phi) is 6.28. The lowest BCUT2D eigenvalue weighted by Crippen LogP contribution is -2.42. The second-order valence-corrected chi connectivity index (χ2v) is 6.62. The number of rotatable bonds is 5. The topological polar surface area (TPSA) is 105 Å². The Labute approximate surface area is 166 Å². The molecule has 1 heterocycles. The first-order valence-corrected chi connectivity index (χ1v) is 9.07. The standard InChI is InChI=1S/C20H19FN4O4/c21-17-7-5-15(6-8-17)20(27)24-11-9-14(10-12-24)19(26)23-22-13-16-3-1-2-4-18(16)25(28)29/h1-8,13-14H,9-12H2,(H,23,26)/b22-13-. The molecule has 1 aliphatic rings. The van der Waals surface area contributed by atoms with Crippen LogP contribution in [0.2, 0.25) is 0 Å². The first kappa shape index (κ1) is 20.1. The number of likely N-dealkylation sites (tertiary alicyclic amines) is 1. The van der Waals surface area contributed by atoms with E-state index in [0.717, 1.165) is 0 Å². The maximum Gasteiger partial charge on any atom is 0.278 e. The highest BCUT2D eigenvalue weighted by Crippen LogP contribution is 2.20. The van der Waals surface area contributed by atoms with Gasteiger partial charge in [0.1, 0.15) is 5.82 Å². The van der Waals surface area contributed by atoms with E-state index in [1.165, 1.54) is 42.6 Å². The molecule has 1 aliphatic heterocycles. The smallest absolute Gasteiger partial charge is 0.278 e. The van der Waals surface area contributed by atoms with Crippen LogP contribution >= 0.6 is 0 Å². The van der Waals surface area contributed by atoms with Crippen molar-refractivity contribution in [1.82, 2.24) is 10.3 Å². The number of halogens is 1. The van der Waals surface area contributed by atoms with Gasteiger partial charge in [-0.3, -0.25) is 19.7 Å². The molecule has 0 bridgehead atoms. The Bertz CT molecular complexity index is 938. The lowest BCUT2D eigenvalue weighted by Gasteiger charge is -2.31. The van der Waals surface area contributed by atoms with Gasteiger partial charge in [-0.15, -0.1) is 0 Å². The van der Waals surface area contributed by atoms with Crippen LogP contribution in [0.25, 0.3) is 0 Å². The Morgan fingerprint density at radius 2 is 1.79 bits per heavy atom. The average molecular weight is 398 g/mol. The van der Waals surface area contributed by atoms with Crippen LogP contribution in [0, 0.1) is 21.8 Å². The first-order chi connectivity index (χ1) is 14.0. The number of nitrogens with zero attached hydrogens (tertiary/aromatic N) is 3. The zero-order valence-electron chi connectivity index (χ0n) is 15.5. The molecule has 2 aromatic rings. The van der Waals surface area contributed by atoms with Gasteiger partial charge in [0.2, 0.25) is 5.91 Å². The van der Waals surface area contributed by atoms with Gasteiger partial charge in [0, 0.05) is 30.6 Å². The fourth-order valence-electron chi connectivity index (χ4n) is 3.14. The van der Waals surface area contributed by atoms with Gasteiger partial charge in [-0.25, -0.2) is 9.82 Å². The van der Waals surface area contributed by atoms with Crippen LogP contribution in [-0.2, 0) is 4.79 Å². The van der Waals surface area contributed by atoms with Crippen LogP contribution in [0.5, 0.6) is 0 Å². The van der Waals surface area contributed by atoms with E-state index in [9.17, 15) is 24.1 Å². The summed E-state index contributed by atoms with van der Waals surface area (Å²) in [6.07, 6.45) is 2.18. The highest BCUT2D eigenvalue weighted by Gasteiger charge is 2.27. The third-order valence-corrected chi connectivity index (χ3v) is 4.76. The number of hydrazone groups is 1. The van der Waals surface area contributed by atoms with Crippen LogP contribution in [0.15, 0.2) is 53.6 Å². The van der Waals surface area contributed by atoms with Gasteiger partial charge < -0.3 is 4.90 Å². The summed E-state index contributed by atoms with van der Waals surface area (Å²) in [5.74, 6) is -1.21. The molecular weight excluding hydrogens is 379 g/mol. The number of amides is 2. The summed E-state index contributed by atoms with van der Waals surface area (Å²) < 4.78 is 13.0. The molecule has 0 aliphatic carbocycles. The minimum absolute atomic E-state index is 0.0990. The van der Waals surface area contributed by atoms with Crippen molar-refractivity contribution in [2.45, 2.75) is 12.8 Å². The van der Waals surface area contributed by atoms with Gasteiger partial charge >= 0.3 is 0 Å². The quantitative estimate of drug-likeness (QED) is 0.475. The van der Waals surface area contributed by atoms with Crippen molar-refractivity contribution in [2.75, 3.05) is 13.1 Å². The summed E-state index contributed by atoms with van der Waals surface area (Å²) in [4.78, 5) is 36.8. The predicted molar refractivity (Wildman–Crippen MR) is 104 cm³/mol. The van der Waals surface area contributed by atoms with Crippen LogP contribution in [0.4, 0.5) is 10.1 Å². The molecule has 0 radical (unpaired) electrons. The normalized spacial score (nSPS) is 14.7. The largest absolute Gasteiger partial charge is 0.339 e. The fourth-order valence-corrected chi connectivity index (χ4v) is 3.14. The van der Waals surface area contributed by atoms with E-state index in [0.29, 0.717) is 31.5 Å². The number of piperidine rings is 1. The molecule has 1 N–H and O–H groups in total. The van der Waals surface area contributed by atoms with Crippen molar-refractivity contribution in [3.05, 3.63) is 75.6 Å². The minimum atomic E-state index is -0.517. The predicted octanol–water partition coefficient (Wildman–Crippen LogP) is 2.74. The summed E-state index contributed by atoms with van der Waals surface area (Å²) in [6.45, 7) is 0.810. The summed E-state index contributed by atoms with van der Waals surface area (Å²) >= 11 is 0. The van der Waals surface area contributed by atoms with Gasteiger partial charge in [0.05, 0.1) is 16.7 Å². The molecule has 1 saturated heterocycles. The Morgan fingerprint density at radius 3 is 2.45 bits per heavy atom. The number of carbonyl (C=O) groups is 2. The van der Waals surface area contributed by atoms with Gasteiger partial charge in [-0.05, 0) is 43.2 Å². The van der Waals surface area contributed by atoms with E-state index in [1.54, 1.807) is 17.0 Å². The molecule has 3 rings (SSSR count). The molecule has 0 atom stereocenters. The lowest BCUT2D eigenvalue weighted by molar-refractivity contribution is -0.385. The third-order valence-electron chi connectivity index (χ3n) is 4.76. The number of nitro groups is 1. The molecular formula is C20H19FN4O4. The van der Waals surface area contributed by atoms with Crippen LogP contribution in [-0.4, -0.2) is 40.9 Å². The fraction of sp³-hybridized carbons (Fsp3) is 0.250. The summed E-state index contributed by atoms with van der Waals surface area (Å²) in [5.41, 5.74) is 3.01. The zero-order valence-corrected chi connectivity index (χ0v) is 15.5. The van der Waals surface area contributed by atoms with Crippen molar-refractivity contribution in [1.29, 1.82) is 0 Å². The van der Waals surface area contributed by atoms with E-state index in [2.05, 4.69) is 10.5 Å². The highest BCUT2D eigenvalue weighted by molar-refractivity contribution is 5.94. The van der Waals surface area contributed by atoms with Crippen LogP contribution in [0.1, 0.15) is 28.8 Å². The zero-order chi connectivity index (χ0) is 20.8. The van der Waals surface area contributed by atoms with E-state index in [-0.39, 0.29) is 29.0 Å². The lowest BCUT2D eigenvalue weighted by atomic mass is 9.95. The van der Waals surface area contributed by atoms with Crippen molar-refractivity contribution in [2.24, 2.45) is 11.0 Å². The molecule has 29 heavy (non-hydrogen) atoms. The van der Waals surface area contributed by atoms with Crippen molar-refractivity contribution in [3.8, 4) is 0 Å². The molecule has 0 saturated carbocycles. The molecule has 2 aromatic carbocycles. The number of carbonyl (C=O) groups excluding carboxylic acids is 2. The summed E-state index contributed by atoms with van der Waals surface area (Å²) in [7, 11) is 0.